The summed E-state index contributed by atoms with van der Waals surface area (Å²) in [6.07, 6.45) is 2.62. The van der Waals surface area contributed by atoms with Crippen LogP contribution < -0.4 is 0 Å². The fourth-order valence-corrected chi connectivity index (χ4v) is 3.79. The van der Waals surface area contributed by atoms with Crippen LogP contribution in [0.4, 0.5) is 0 Å². The fourth-order valence-electron chi connectivity index (χ4n) is 3.79. The van der Waals surface area contributed by atoms with Crippen LogP contribution in [0.1, 0.15) is 28.9 Å². The number of benzene rings is 1. The quantitative estimate of drug-likeness (QED) is 0.722. The molecule has 136 valence electrons. The van der Waals surface area contributed by atoms with Crippen LogP contribution in [-0.2, 0) is 31.4 Å². The maximum Gasteiger partial charge on any atom is 0.256 e. The first-order valence-corrected chi connectivity index (χ1v) is 8.85. The summed E-state index contributed by atoms with van der Waals surface area (Å²) in [6.45, 7) is 3.81. The summed E-state index contributed by atoms with van der Waals surface area (Å²) in [5.41, 5.74) is 1.82. The zero-order valence-corrected chi connectivity index (χ0v) is 15.3. The third-order valence-corrected chi connectivity index (χ3v) is 5.14. The summed E-state index contributed by atoms with van der Waals surface area (Å²) < 4.78 is 9.30. The second-order valence-electron chi connectivity index (χ2n) is 6.84. The molecule has 1 amide bonds. The van der Waals surface area contributed by atoms with E-state index >= 15 is 0 Å². The molecule has 2 aromatic heterocycles. The van der Waals surface area contributed by atoms with Gasteiger partial charge in [-0.1, -0.05) is 18.2 Å². The molecule has 26 heavy (non-hydrogen) atoms. The fraction of sp³-hybridized carbons (Fsp3) is 0.421. The van der Waals surface area contributed by atoms with Gasteiger partial charge in [0.2, 0.25) is 0 Å². The summed E-state index contributed by atoms with van der Waals surface area (Å²) in [6, 6.07) is 8.08. The van der Waals surface area contributed by atoms with E-state index in [1.807, 2.05) is 47.0 Å². The van der Waals surface area contributed by atoms with Gasteiger partial charge in [0, 0.05) is 56.8 Å². The van der Waals surface area contributed by atoms with Gasteiger partial charge in [-0.3, -0.25) is 4.79 Å². The Bertz CT molecular complexity index is 958. The van der Waals surface area contributed by atoms with Crippen molar-refractivity contribution in [3.8, 4) is 0 Å². The Kier molecular flexibility index (Phi) is 4.24. The molecule has 1 aromatic carbocycles. The van der Waals surface area contributed by atoms with Crippen molar-refractivity contribution in [2.24, 2.45) is 7.05 Å². The third kappa shape index (κ3) is 2.68. The molecular weight excluding hydrogens is 330 g/mol. The summed E-state index contributed by atoms with van der Waals surface area (Å²) in [5.74, 6) is 1.80. The second-order valence-corrected chi connectivity index (χ2v) is 6.84. The topological polar surface area (TPSA) is 65.2 Å². The molecule has 0 unspecified atom stereocenters. The average molecular weight is 353 g/mol. The van der Waals surface area contributed by atoms with E-state index in [9.17, 15) is 4.79 Å². The van der Waals surface area contributed by atoms with E-state index in [-0.39, 0.29) is 11.9 Å². The summed E-state index contributed by atoms with van der Waals surface area (Å²) >= 11 is 0. The molecule has 3 aromatic rings. The summed E-state index contributed by atoms with van der Waals surface area (Å²) in [4.78, 5) is 15.3. The van der Waals surface area contributed by atoms with Gasteiger partial charge in [0.05, 0.1) is 5.56 Å². The Hall–Kier alpha value is -2.67. The van der Waals surface area contributed by atoms with Gasteiger partial charge in [0.1, 0.15) is 12.4 Å². The maximum atomic E-state index is 13.3. The monoisotopic (exact) mass is 353 g/mol. The SMILES string of the molecule is COCc1nnc2n1CCN(C(=O)c1cn(C)c3ccccc13)[C@H](C)C2. The normalized spacial score (nSPS) is 17.3. The number of hydrogen-bond donors (Lipinski definition) is 0. The lowest BCUT2D eigenvalue weighted by molar-refractivity contribution is 0.0696. The average Bonchev–Trinajstić information content (AvgIpc) is 3.12. The van der Waals surface area contributed by atoms with Crippen molar-refractivity contribution in [2.75, 3.05) is 13.7 Å². The Morgan fingerprint density at radius 1 is 1.27 bits per heavy atom. The van der Waals surface area contributed by atoms with Gasteiger partial charge in [0.25, 0.3) is 5.91 Å². The van der Waals surface area contributed by atoms with Crippen LogP contribution in [0.15, 0.2) is 30.5 Å². The molecule has 4 rings (SSSR count). The number of methoxy groups -OCH3 is 1. The third-order valence-electron chi connectivity index (χ3n) is 5.14. The van der Waals surface area contributed by atoms with E-state index in [2.05, 4.69) is 21.7 Å². The van der Waals surface area contributed by atoms with Crippen molar-refractivity contribution < 1.29 is 9.53 Å². The lowest BCUT2D eigenvalue weighted by Gasteiger charge is -2.26. The smallest absolute Gasteiger partial charge is 0.256 e. The van der Waals surface area contributed by atoms with E-state index in [0.29, 0.717) is 26.1 Å². The zero-order chi connectivity index (χ0) is 18.3. The lowest BCUT2D eigenvalue weighted by Crippen LogP contribution is -2.40. The second kappa shape index (κ2) is 6.57. The number of para-hydroxylation sites is 1. The van der Waals surface area contributed by atoms with Gasteiger partial charge in [-0.2, -0.15) is 0 Å². The van der Waals surface area contributed by atoms with E-state index in [0.717, 1.165) is 28.1 Å². The molecular formula is C19H23N5O2. The number of amides is 1. The minimum atomic E-state index is 0.0577. The Morgan fingerprint density at radius 3 is 2.88 bits per heavy atom. The molecule has 1 aliphatic heterocycles. The van der Waals surface area contributed by atoms with Crippen LogP contribution in [0.25, 0.3) is 10.9 Å². The molecule has 1 aliphatic rings. The number of ether oxygens (including phenoxy) is 1. The van der Waals surface area contributed by atoms with E-state index in [1.165, 1.54) is 0 Å². The highest BCUT2D eigenvalue weighted by Gasteiger charge is 2.29. The molecule has 0 radical (unpaired) electrons. The summed E-state index contributed by atoms with van der Waals surface area (Å²) in [7, 11) is 3.63. The molecule has 3 heterocycles. The van der Waals surface area contributed by atoms with Crippen LogP contribution in [0, 0.1) is 0 Å². The largest absolute Gasteiger partial charge is 0.377 e. The molecule has 0 bridgehead atoms. The minimum Gasteiger partial charge on any atom is -0.377 e. The molecule has 0 aliphatic carbocycles. The highest BCUT2D eigenvalue weighted by Crippen LogP contribution is 2.24. The Balaban J connectivity index is 1.64. The van der Waals surface area contributed by atoms with Gasteiger partial charge in [-0.25, -0.2) is 0 Å². The van der Waals surface area contributed by atoms with E-state index in [1.54, 1.807) is 7.11 Å². The first kappa shape index (κ1) is 16.8. The van der Waals surface area contributed by atoms with Gasteiger partial charge in [-0.15, -0.1) is 10.2 Å². The maximum absolute atomic E-state index is 13.3. The van der Waals surface area contributed by atoms with Gasteiger partial charge >= 0.3 is 0 Å². The standard InChI is InChI=1S/C19H23N5O2/c1-13-10-17-20-21-18(12-26-3)24(17)9-8-23(13)19(25)15-11-22(2)16-7-5-4-6-14(15)16/h4-7,11,13H,8-10,12H2,1-3H3/t13-/m1/s1. The molecule has 0 saturated heterocycles. The van der Waals surface area contributed by atoms with Crippen molar-refractivity contribution in [1.29, 1.82) is 0 Å². The molecule has 0 saturated carbocycles. The van der Waals surface area contributed by atoms with Crippen molar-refractivity contribution in [3.63, 3.8) is 0 Å². The van der Waals surface area contributed by atoms with Gasteiger partial charge in [-0.05, 0) is 13.0 Å². The zero-order valence-electron chi connectivity index (χ0n) is 15.3. The Labute approximate surface area is 152 Å². The first-order valence-electron chi connectivity index (χ1n) is 8.85. The number of nitrogens with zero attached hydrogens (tertiary/aromatic N) is 5. The van der Waals surface area contributed by atoms with Crippen LogP contribution in [0.2, 0.25) is 0 Å². The molecule has 0 spiro atoms. The highest BCUT2D eigenvalue weighted by atomic mass is 16.5. The molecule has 7 heteroatoms. The Morgan fingerprint density at radius 2 is 2.08 bits per heavy atom. The molecule has 0 fully saturated rings. The van der Waals surface area contributed by atoms with Crippen LogP contribution in [0.5, 0.6) is 0 Å². The van der Waals surface area contributed by atoms with E-state index in [4.69, 9.17) is 4.74 Å². The van der Waals surface area contributed by atoms with Crippen LogP contribution in [0.3, 0.4) is 0 Å². The number of aromatic nitrogens is 4. The van der Waals surface area contributed by atoms with Crippen molar-refractivity contribution in [2.45, 2.75) is 32.5 Å². The number of carbonyl (C=O) groups excluding carboxylic acids is 1. The van der Waals surface area contributed by atoms with Crippen LogP contribution >= 0.6 is 0 Å². The number of hydrogen-bond acceptors (Lipinski definition) is 4. The predicted molar refractivity (Wildman–Crippen MR) is 97.9 cm³/mol. The summed E-state index contributed by atoms with van der Waals surface area (Å²) in [5, 5.41) is 9.51. The van der Waals surface area contributed by atoms with Crippen LogP contribution in [-0.4, -0.2) is 49.8 Å². The highest BCUT2D eigenvalue weighted by molar-refractivity contribution is 6.07. The van der Waals surface area contributed by atoms with Crippen molar-refractivity contribution >= 4 is 16.8 Å². The molecule has 0 N–H and O–H groups in total. The van der Waals surface area contributed by atoms with Gasteiger partial charge in [0.15, 0.2) is 5.82 Å². The number of fused-ring (bicyclic) bond motifs is 2. The van der Waals surface area contributed by atoms with Crippen molar-refractivity contribution in [3.05, 3.63) is 47.7 Å². The number of aryl methyl sites for hydroxylation is 1. The lowest BCUT2D eigenvalue weighted by atomic mass is 10.1. The minimum absolute atomic E-state index is 0.0577. The van der Waals surface area contributed by atoms with Gasteiger partial charge < -0.3 is 18.8 Å². The predicted octanol–water partition coefficient (Wildman–Crippen LogP) is 2.00. The van der Waals surface area contributed by atoms with Crippen molar-refractivity contribution in [1.82, 2.24) is 24.2 Å². The van der Waals surface area contributed by atoms with E-state index < -0.39 is 0 Å². The molecule has 1 atom stereocenters. The molecule has 7 nitrogen and oxygen atoms in total. The number of rotatable bonds is 3. The number of carbonyl (C=O) groups is 1. The first-order chi connectivity index (χ1) is 12.6.